The molecule has 4 nitrogen and oxygen atoms in total. The molecule has 1 fully saturated rings. The fraction of sp³-hybridized carbons (Fsp3) is 0.923. The molecule has 0 aromatic rings. The van der Waals surface area contributed by atoms with Gasteiger partial charge in [0.15, 0.2) is 0 Å². The molecule has 1 amide bonds. The van der Waals surface area contributed by atoms with Gasteiger partial charge in [-0.25, -0.2) is 4.79 Å². The number of carbonyl (C=O) groups excluding carboxylic acids is 1. The Labute approximate surface area is 104 Å². The lowest BCUT2D eigenvalue weighted by atomic mass is 9.84. The molecule has 4 heteroatoms. The quantitative estimate of drug-likeness (QED) is 0.808. The first-order chi connectivity index (χ1) is 7.73. The smallest absolute Gasteiger partial charge is 0.410 e. The molecule has 0 aromatic carbocycles. The van der Waals surface area contributed by atoms with E-state index in [1.807, 2.05) is 25.7 Å². The Morgan fingerprint density at radius 2 is 2.06 bits per heavy atom. The molecular weight excluding hydrogens is 216 g/mol. The summed E-state index contributed by atoms with van der Waals surface area (Å²) in [6, 6.07) is 0. The van der Waals surface area contributed by atoms with Crippen molar-refractivity contribution >= 4 is 6.09 Å². The third kappa shape index (κ3) is 2.92. The molecule has 2 N–H and O–H groups in total. The van der Waals surface area contributed by atoms with Crippen LogP contribution in [-0.4, -0.2) is 35.2 Å². The first kappa shape index (κ1) is 14.3. The number of rotatable bonds is 2. The second-order valence-electron chi connectivity index (χ2n) is 6.20. The summed E-state index contributed by atoms with van der Waals surface area (Å²) in [6.45, 7) is 11.2. The van der Waals surface area contributed by atoms with E-state index in [1.54, 1.807) is 0 Å². The van der Waals surface area contributed by atoms with Gasteiger partial charge in [-0.3, -0.25) is 0 Å². The topological polar surface area (TPSA) is 55.6 Å². The lowest BCUT2D eigenvalue weighted by Crippen LogP contribution is -2.56. The van der Waals surface area contributed by atoms with Gasteiger partial charge in [0.05, 0.1) is 5.54 Å². The van der Waals surface area contributed by atoms with E-state index in [1.165, 1.54) is 0 Å². The van der Waals surface area contributed by atoms with Crippen LogP contribution in [0.2, 0.25) is 0 Å². The number of hydrogen-bond acceptors (Lipinski definition) is 3. The van der Waals surface area contributed by atoms with Crippen molar-refractivity contribution in [2.45, 2.75) is 58.6 Å². The molecule has 1 atom stereocenters. The van der Waals surface area contributed by atoms with Crippen LogP contribution in [-0.2, 0) is 4.74 Å². The predicted molar refractivity (Wildman–Crippen MR) is 68.8 cm³/mol. The van der Waals surface area contributed by atoms with Crippen LogP contribution in [0.1, 0.15) is 47.5 Å². The highest BCUT2D eigenvalue weighted by molar-refractivity contribution is 5.69. The molecule has 1 heterocycles. The number of nitrogens with zero attached hydrogens (tertiary/aromatic N) is 1. The summed E-state index contributed by atoms with van der Waals surface area (Å²) < 4.78 is 5.46. The van der Waals surface area contributed by atoms with Crippen molar-refractivity contribution in [2.24, 2.45) is 11.7 Å². The number of hydrogen-bond donors (Lipinski definition) is 1. The summed E-state index contributed by atoms with van der Waals surface area (Å²) in [7, 11) is 0. The normalized spacial score (nSPS) is 25.5. The highest BCUT2D eigenvalue weighted by Gasteiger charge is 2.46. The molecule has 0 spiro atoms. The van der Waals surface area contributed by atoms with Crippen LogP contribution in [0.15, 0.2) is 0 Å². The lowest BCUT2D eigenvalue weighted by molar-refractivity contribution is 0.000332. The fourth-order valence-corrected chi connectivity index (χ4v) is 2.54. The second-order valence-corrected chi connectivity index (χ2v) is 6.20. The van der Waals surface area contributed by atoms with Crippen molar-refractivity contribution in [1.29, 1.82) is 0 Å². The first-order valence-electron chi connectivity index (χ1n) is 6.43. The van der Waals surface area contributed by atoms with Crippen molar-refractivity contribution in [3.8, 4) is 0 Å². The van der Waals surface area contributed by atoms with Crippen LogP contribution in [0.25, 0.3) is 0 Å². The zero-order chi connectivity index (χ0) is 13.3. The minimum absolute atomic E-state index is 0.220. The van der Waals surface area contributed by atoms with Crippen molar-refractivity contribution < 1.29 is 9.53 Å². The van der Waals surface area contributed by atoms with Gasteiger partial charge in [0.25, 0.3) is 0 Å². The first-order valence-corrected chi connectivity index (χ1v) is 6.43. The molecule has 1 unspecified atom stereocenters. The Morgan fingerprint density at radius 3 is 2.47 bits per heavy atom. The summed E-state index contributed by atoms with van der Waals surface area (Å²) in [5.41, 5.74) is 5.24. The monoisotopic (exact) mass is 242 g/mol. The molecule has 1 aliphatic heterocycles. The summed E-state index contributed by atoms with van der Waals surface area (Å²) in [5.74, 6) is 0.350. The highest BCUT2D eigenvalue weighted by atomic mass is 16.6. The van der Waals surface area contributed by atoms with E-state index in [-0.39, 0.29) is 11.6 Å². The number of nitrogens with two attached hydrogens (primary N) is 1. The molecule has 1 rings (SSSR count). The van der Waals surface area contributed by atoms with Gasteiger partial charge in [-0.05, 0) is 39.5 Å². The number of ether oxygens (including phenoxy) is 1. The van der Waals surface area contributed by atoms with E-state index in [0.717, 1.165) is 19.4 Å². The SMILES string of the molecule is CC(C)C1(CN)CCCN1C(=O)OC(C)(C)C. The zero-order valence-electron chi connectivity index (χ0n) is 11.7. The summed E-state index contributed by atoms with van der Waals surface area (Å²) in [6.07, 6.45) is 1.75. The fourth-order valence-electron chi connectivity index (χ4n) is 2.54. The largest absolute Gasteiger partial charge is 0.444 e. The van der Waals surface area contributed by atoms with Gasteiger partial charge in [0, 0.05) is 13.1 Å². The summed E-state index contributed by atoms with van der Waals surface area (Å²) in [4.78, 5) is 14.0. The van der Waals surface area contributed by atoms with Gasteiger partial charge in [-0.15, -0.1) is 0 Å². The Bertz CT molecular complexity index is 284. The van der Waals surface area contributed by atoms with Gasteiger partial charge in [0.1, 0.15) is 5.60 Å². The van der Waals surface area contributed by atoms with E-state index < -0.39 is 5.60 Å². The van der Waals surface area contributed by atoms with Crippen molar-refractivity contribution in [3.05, 3.63) is 0 Å². The Morgan fingerprint density at radius 1 is 1.47 bits per heavy atom. The van der Waals surface area contributed by atoms with Crippen molar-refractivity contribution in [3.63, 3.8) is 0 Å². The van der Waals surface area contributed by atoms with Crippen LogP contribution in [0.5, 0.6) is 0 Å². The summed E-state index contributed by atoms with van der Waals surface area (Å²) >= 11 is 0. The zero-order valence-corrected chi connectivity index (χ0v) is 11.7. The molecule has 0 bridgehead atoms. The van der Waals surface area contributed by atoms with E-state index in [4.69, 9.17) is 10.5 Å². The predicted octanol–water partition coefficient (Wildman–Crippen LogP) is 2.37. The second kappa shape index (κ2) is 4.84. The number of carbonyl (C=O) groups is 1. The third-order valence-electron chi connectivity index (χ3n) is 3.57. The van der Waals surface area contributed by atoms with Crippen LogP contribution in [0, 0.1) is 5.92 Å². The Balaban J connectivity index is 2.85. The molecular formula is C13H26N2O2. The minimum atomic E-state index is -0.447. The van der Waals surface area contributed by atoms with Crippen molar-refractivity contribution in [2.75, 3.05) is 13.1 Å². The Hall–Kier alpha value is -0.770. The number of amides is 1. The molecule has 100 valence electrons. The standard InChI is InChI=1S/C13H26N2O2/c1-10(2)13(9-14)7-6-8-15(13)11(16)17-12(3,4)5/h10H,6-9,14H2,1-5H3. The van der Waals surface area contributed by atoms with E-state index in [2.05, 4.69) is 13.8 Å². The molecule has 0 aromatic heterocycles. The van der Waals surface area contributed by atoms with E-state index in [9.17, 15) is 4.79 Å². The Kier molecular flexibility index (Phi) is 4.07. The van der Waals surface area contributed by atoms with Gasteiger partial charge in [-0.2, -0.15) is 0 Å². The molecule has 0 saturated carbocycles. The maximum Gasteiger partial charge on any atom is 0.410 e. The summed E-state index contributed by atoms with van der Waals surface area (Å²) in [5, 5.41) is 0. The highest BCUT2D eigenvalue weighted by Crippen LogP contribution is 2.36. The van der Waals surface area contributed by atoms with Gasteiger partial charge in [-0.1, -0.05) is 13.8 Å². The molecule has 17 heavy (non-hydrogen) atoms. The van der Waals surface area contributed by atoms with Crippen LogP contribution in [0.4, 0.5) is 4.79 Å². The minimum Gasteiger partial charge on any atom is -0.444 e. The van der Waals surface area contributed by atoms with E-state index >= 15 is 0 Å². The van der Waals surface area contributed by atoms with Crippen LogP contribution >= 0.6 is 0 Å². The average Bonchev–Trinajstić information content (AvgIpc) is 2.59. The maximum absolute atomic E-state index is 12.2. The van der Waals surface area contributed by atoms with Crippen LogP contribution < -0.4 is 5.73 Å². The molecule has 0 radical (unpaired) electrons. The average molecular weight is 242 g/mol. The lowest BCUT2D eigenvalue weighted by Gasteiger charge is -2.41. The van der Waals surface area contributed by atoms with E-state index in [0.29, 0.717) is 12.5 Å². The maximum atomic E-state index is 12.2. The number of likely N-dealkylation sites (tertiary alicyclic amines) is 1. The van der Waals surface area contributed by atoms with Crippen LogP contribution in [0.3, 0.4) is 0 Å². The molecule has 1 aliphatic rings. The van der Waals surface area contributed by atoms with Gasteiger partial charge < -0.3 is 15.4 Å². The molecule has 0 aliphatic carbocycles. The van der Waals surface area contributed by atoms with Crippen molar-refractivity contribution in [1.82, 2.24) is 4.90 Å². The molecule has 1 saturated heterocycles. The van der Waals surface area contributed by atoms with Gasteiger partial charge in [0.2, 0.25) is 0 Å². The van der Waals surface area contributed by atoms with Gasteiger partial charge >= 0.3 is 6.09 Å². The third-order valence-corrected chi connectivity index (χ3v) is 3.57.